The number of nitrogens with zero attached hydrogens (tertiary/aromatic N) is 1. The second kappa shape index (κ2) is 7.99. The monoisotopic (exact) mass is 340 g/mol. The number of nitrogens with two attached hydrogens (primary N) is 1. The number of carbonyl (C=O) groups excluding carboxylic acids is 2. The van der Waals surface area contributed by atoms with E-state index in [4.69, 9.17) is 17.3 Å². The second-order valence-electron chi connectivity index (χ2n) is 5.66. The zero-order valence-corrected chi connectivity index (χ0v) is 14.2. The smallest absolute Gasteiger partial charge is 0.232 e. The Morgan fingerprint density at radius 3 is 2.59 bits per heavy atom. The van der Waals surface area contributed by atoms with Gasteiger partial charge in [0.2, 0.25) is 5.91 Å². The van der Waals surface area contributed by atoms with Crippen LogP contribution in [0.1, 0.15) is 23.7 Å². The van der Waals surface area contributed by atoms with Gasteiger partial charge in [-0.1, -0.05) is 11.6 Å². The molecule has 4 nitrogen and oxygen atoms in total. The molecule has 1 amide bonds. The number of benzene rings is 1. The average Bonchev–Trinajstić information content (AvgIpc) is 2.89. The first-order valence-electron chi connectivity index (χ1n) is 7.37. The molecule has 0 spiro atoms. The van der Waals surface area contributed by atoms with Crippen LogP contribution in [0.2, 0.25) is 5.02 Å². The summed E-state index contributed by atoms with van der Waals surface area (Å²) in [6.07, 6.45) is 0.969. The first kappa shape index (κ1) is 17.3. The van der Waals surface area contributed by atoms with Gasteiger partial charge in [0.05, 0.1) is 11.5 Å². The molecular weight excluding hydrogens is 320 g/mol. The number of thioether (sulfide) groups is 1. The zero-order chi connectivity index (χ0) is 16.1. The lowest BCUT2D eigenvalue weighted by Gasteiger charge is -2.21. The summed E-state index contributed by atoms with van der Waals surface area (Å²) in [7, 11) is 0. The normalized spacial score (nSPS) is 21.1. The Morgan fingerprint density at radius 1 is 1.32 bits per heavy atom. The molecule has 2 atom stereocenters. The summed E-state index contributed by atoms with van der Waals surface area (Å²) in [6, 6.07) is 7.06. The van der Waals surface area contributed by atoms with Crippen molar-refractivity contribution in [2.24, 2.45) is 11.7 Å². The van der Waals surface area contributed by atoms with Crippen LogP contribution in [0.25, 0.3) is 0 Å². The highest BCUT2D eigenvalue weighted by atomic mass is 35.5. The summed E-state index contributed by atoms with van der Waals surface area (Å²) in [5, 5.41) is 0.608. The van der Waals surface area contributed by atoms with Crippen LogP contribution >= 0.6 is 23.4 Å². The average molecular weight is 341 g/mol. The molecule has 1 aromatic carbocycles. The van der Waals surface area contributed by atoms with Crippen molar-refractivity contribution in [1.82, 2.24) is 4.90 Å². The van der Waals surface area contributed by atoms with Crippen LogP contribution in [-0.4, -0.2) is 47.2 Å². The van der Waals surface area contributed by atoms with E-state index in [1.165, 1.54) is 11.8 Å². The van der Waals surface area contributed by atoms with Crippen molar-refractivity contribution in [2.75, 3.05) is 24.6 Å². The quantitative estimate of drug-likeness (QED) is 0.808. The molecule has 0 bridgehead atoms. The molecule has 2 N–H and O–H groups in total. The van der Waals surface area contributed by atoms with E-state index in [1.807, 2.05) is 4.90 Å². The SMILES string of the molecule is CC1CC(CN)CN1C(=O)CSCC(=O)c1ccc(Cl)cc1. The fourth-order valence-corrected chi connectivity index (χ4v) is 3.61. The summed E-state index contributed by atoms with van der Waals surface area (Å²) in [4.78, 5) is 26.1. The molecule has 22 heavy (non-hydrogen) atoms. The summed E-state index contributed by atoms with van der Waals surface area (Å²) in [6.45, 7) is 3.41. The van der Waals surface area contributed by atoms with Crippen molar-refractivity contribution in [3.05, 3.63) is 34.9 Å². The second-order valence-corrected chi connectivity index (χ2v) is 7.08. The molecule has 1 aromatic rings. The predicted molar refractivity (Wildman–Crippen MR) is 91.4 cm³/mol. The van der Waals surface area contributed by atoms with Crippen LogP contribution in [0, 0.1) is 5.92 Å². The van der Waals surface area contributed by atoms with Gasteiger partial charge in [0.25, 0.3) is 0 Å². The van der Waals surface area contributed by atoms with Crippen molar-refractivity contribution in [1.29, 1.82) is 0 Å². The summed E-state index contributed by atoms with van der Waals surface area (Å²) in [5.41, 5.74) is 6.30. The summed E-state index contributed by atoms with van der Waals surface area (Å²) < 4.78 is 0. The first-order valence-corrected chi connectivity index (χ1v) is 8.90. The molecule has 2 unspecified atom stereocenters. The highest BCUT2D eigenvalue weighted by molar-refractivity contribution is 8.00. The van der Waals surface area contributed by atoms with Crippen LogP contribution in [0.4, 0.5) is 0 Å². The zero-order valence-electron chi connectivity index (χ0n) is 12.6. The maximum absolute atomic E-state index is 12.2. The number of carbonyl (C=O) groups is 2. The predicted octanol–water partition coefficient (Wildman–Crippen LogP) is 2.45. The Balaban J connectivity index is 1.77. The van der Waals surface area contributed by atoms with E-state index in [1.54, 1.807) is 24.3 Å². The number of likely N-dealkylation sites (tertiary alicyclic amines) is 1. The number of hydrogen-bond acceptors (Lipinski definition) is 4. The van der Waals surface area contributed by atoms with Crippen molar-refractivity contribution in [2.45, 2.75) is 19.4 Å². The molecule has 0 aliphatic carbocycles. The molecule has 0 saturated carbocycles. The highest BCUT2D eigenvalue weighted by Gasteiger charge is 2.31. The molecule has 1 aliphatic heterocycles. The van der Waals surface area contributed by atoms with E-state index in [0.29, 0.717) is 34.6 Å². The fourth-order valence-electron chi connectivity index (χ4n) is 2.69. The van der Waals surface area contributed by atoms with E-state index in [2.05, 4.69) is 6.92 Å². The van der Waals surface area contributed by atoms with Gasteiger partial charge < -0.3 is 10.6 Å². The van der Waals surface area contributed by atoms with Crippen molar-refractivity contribution in [3.8, 4) is 0 Å². The minimum atomic E-state index is 0.0174. The number of rotatable bonds is 6. The van der Waals surface area contributed by atoms with Gasteiger partial charge in [-0.15, -0.1) is 11.8 Å². The summed E-state index contributed by atoms with van der Waals surface area (Å²) >= 11 is 7.16. The minimum Gasteiger partial charge on any atom is -0.339 e. The van der Waals surface area contributed by atoms with Crippen LogP contribution < -0.4 is 5.73 Å². The number of amides is 1. The lowest BCUT2D eigenvalue weighted by molar-refractivity contribution is -0.128. The van der Waals surface area contributed by atoms with Gasteiger partial charge >= 0.3 is 0 Å². The maximum Gasteiger partial charge on any atom is 0.232 e. The molecule has 1 aliphatic rings. The third kappa shape index (κ3) is 4.48. The number of halogens is 1. The lowest BCUT2D eigenvalue weighted by Crippen LogP contribution is -2.35. The fraction of sp³-hybridized carbons (Fsp3) is 0.500. The maximum atomic E-state index is 12.2. The Bertz CT molecular complexity index is 535. The van der Waals surface area contributed by atoms with Gasteiger partial charge in [-0.2, -0.15) is 0 Å². The van der Waals surface area contributed by atoms with Crippen LogP contribution in [0.5, 0.6) is 0 Å². The van der Waals surface area contributed by atoms with Gasteiger partial charge in [0.1, 0.15) is 0 Å². The Labute approximate surface area is 140 Å². The van der Waals surface area contributed by atoms with Crippen molar-refractivity contribution in [3.63, 3.8) is 0 Å². The molecule has 1 heterocycles. The lowest BCUT2D eigenvalue weighted by atomic mass is 10.1. The van der Waals surface area contributed by atoms with Crippen molar-refractivity contribution < 1.29 is 9.59 Å². The Hall–Kier alpha value is -1.04. The molecule has 2 rings (SSSR count). The largest absolute Gasteiger partial charge is 0.339 e. The standard InChI is InChI=1S/C16H21ClN2O2S/c1-11-6-12(7-18)8-19(11)16(21)10-22-9-15(20)13-2-4-14(17)5-3-13/h2-5,11-12H,6-10,18H2,1H3. The molecule has 1 fully saturated rings. The third-order valence-electron chi connectivity index (χ3n) is 3.94. The minimum absolute atomic E-state index is 0.0174. The third-order valence-corrected chi connectivity index (χ3v) is 5.11. The van der Waals surface area contributed by atoms with E-state index in [9.17, 15) is 9.59 Å². The molecule has 0 radical (unpaired) electrons. The molecule has 120 valence electrons. The highest BCUT2D eigenvalue weighted by Crippen LogP contribution is 2.23. The van der Waals surface area contributed by atoms with Gasteiger partial charge in [-0.3, -0.25) is 9.59 Å². The molecule has 1 saturated heterocycles. The first-order chi connectivity index (χ1) is 10.5. The van der Waals surface area contributed by atoms with Crippen molar-refractivity contribution >= 4 is 35.1 Å². The van der Waals surface area contributed by atoms with E-state index in [0.717, 1.165) is 13.0 Å². The topological polar surface area (TPSA) is 63.4 Å². The number of hydrogen-bond donors (Lipinski definition) is 1. The van der Waals surface area contributed by atoms with E-state index >= 15 is 0 Å². The summed E-state index contributed by atoms with van der Waals surface area (Å²) in [5.74, 6) is 1.15. The van der Waals surface area contributed by atoms with Crippen LogP contribution in [0.15, 0.2) is 24.3 Å². The van der Waals surface area contributed by atoms with E-state index < -0.39 is 0 Å². The molecule has 6 heteroatoms. The van der Waals surface area contributed by atoms with Gasteiger partial charge in [-0.05, 0) is 50.1 Å². The van der Waals surface area contributed by atoms with Crippen LogP contribution in [-0.2, 0) is 4.79 Å². The van der Waals surface area contributed by atoms with E-state index in [-0.39, 0.29) is 17.7 Å². The van der Waals surface area contributed by atoms with Gasteiger partial charge in [-0.25, -0.2) is 0 Å². The Kier molecular flexibility index (Phi) is 6.29. The molecule has 0 aromatic heterocycles. The van der Waals surface area contributed by atoms with Gasteiger partial charge in [0.15, 0.2) is 5.78 Å². The number of ketones is 1. The van der Waals surface area contributed by atoms with Crippen LogP contribution in [0.3, 0.4) is 0 Å². The number of Topliss-reactive ketones (excluding diaryl/α,β-unsaturated/α-hetero) is 1. The molecular formula is C16H21ClN2O2S. The Morgan fingerprint density at radius 2 is 2.00 bits per heavy atom. The van der Waals surface area contributed by atoms with Gasteiger partial charge in [0, 0.05) is 23.2 Å².